The third-order valence-corrected chi connectivity index (χ3v) is 7.58. The maximum absolute atomic E-state index is 12.7. The van der Waals surface area contributed by atoms with Gasteiger partial charge in [-0.1, -0.05) is 6.07 Å². The lowest BCUT2D eigenvalue weighted by Crippen LogP contribution is -2.48. The fraction of sp³-hybridized carbons (Fsp3) is 0.517. The van der Waals surface area contributed by atoms with Crippen LogP contribution in [0.3, 0.4) is 0 Å². The van der Waals surface area contributed by atoms with Gasteiger partial charge in [0, 0.05) is 19.7 Å². The first-order chi connectivity index (χ1) is 17.9. The van der Waals surface area contributed by atoms with Crippen molar-refractivity contribution in [3.63, 3.8) is 0 Å². The SMILES string of the molecule is COC(=O)c1cc(I)c(O[C@H](CN2CC[N+](C(=O)OC(C)(C)C)=C(C)C2)c2ccc(C3CC3)cn2)cc1C. The van der Waals surface area contributed by atoms with E-state index in [1.54, 1.807) is 10.6 Å². The zero-order valence-electron chi connectivity index (χ0n) is 23.0. The Morgan fingerprint density at radius 2 is 1.95 bits per heavy atom. The zero-order chi connectivity index (χ0) is 27.6. The number of amides is 1. The molecule has 9 heteroatoms. The van der Waals surface area contributed by atoms with E-state index in [0.29, 0.717) is 43.4 Å². The highest BCUT2D eigenvalue weighted by Gasteiger charge is 2.34. The molecule has 0 N–H and O–H groups in total. The Kier molecular flexibility index (Phi) is 8.76. The third kappa shape index (κ3) is 7.11. The number of halogens is 1. The normalized spacial score (nSPS) is 17.2. The van der Waals surface area contributed by atoms with Crippen LogP contribution in [-0.2, 0) is 9.47 Å². The summed E-state index contributed by atoms with van der Waals surface area (Å²) < 4.78 is 19.6. The van der Waals surface area contributed by atoms with Gasteiger partial charge in [-0.05, 0) is 98.4 Å². The zero-order valence-corrected chi connectivity index (χ0v) is 25.2. The highest BCUT2D eigenvalue weighted by molar-refractivity contribution is 14.1. The van der Waals surface area contributed by atoms with Gasteiger partial charge in [0.15, 0.2) is 18.4 Å². The number of pyridine rings is 1. The minimum Gasteiger partial charge on any atom is -0.482 e. The number of ether oxygens (including phenoxy) is 3. The van der Waals surface area contributed by atoms with Crippen molar-refractivity contribution in [3.05, 3.63) is 56.4 Å². The number of rotatable bonds is 7. The number of hydrogen-bond acceptors (Lipinski definition) is 7. The van der Waals surface area contributed by atoms with Gasteiger partial charge in [0.1, 0.15) is 11.4 Å². The van der Waals surface area contributed by atoms with Crippen LogP contribution in [0.15, 0.2) is 30.5 Å². The minimum absolute atomic E-state index is 0.310. The number of methoxy groups -OCH3 is 1. The molecule has 2 heterocycles. The fourth-order valence-electron chi connectivity index (χ4n) is 4.56. The largest absolute Gasteiger partial charge is 0.596 e. The molecule has 1 saturated carbocycles. The highest BCUT2D eigenvalue weighted by Crippen LogP contribution is 2.40. The summed E-state index contributed by atoms with van der Waals surface area (Å²) in [4.78, 5) is 31.9. The van der Waals surface area contributed by atoms with E-state index >= 15 is 0 Å². The van der Waals surface area contributed by atoms with Crippen LogP contribution < -0.4 is 4.74 Å². The van der Waals surface area contributed by atoms with Crippen LogP contribution in [0.4, 0.5) is 4.79 Å². The molecule has 1 aliphatic heterocycles. The lowest BCUT2D eigenvalue weighted by molar-refractivity contribution is -0.458. The molecule has 0 spiro atoms. The second kappa shape index (κ2) is 11.7. The van der Waals surface area contributed by atoms with Crippen molar-refractivity contribution >= 4 is 40.4 Å². The standard InChI is InChI=1S/C29H37IN3O5/c1-18-13-25(23(30)14-22(18)27(34)36-6)37-26(24-10-9-21(15-31-24)20-7-8-20)17-32-11-12-33(19(2)16-32)28(35)38-29(3,4)5/h9-10,13-15,20,26H,7-8,11-12,16-17H2,1-6H3/q+1/t26-/m1/s1. The molecule has 0 radical (unpaired) electrons. The first-order valence-corrected chi connectivity index (χ1v) is 14.1. The number of hydrogen-bond donors (Lipinski definition) is 0. The molecule has 1 aliphatic carbocycles. The van der Waals surface area contributed by atoms with Crippen molar-refractivity contribution in [2.75, 3.05) is 33.3 Å². The van der Waals surface area contributed by atoms with E-state index < -0.39 is 5.60 Å². The van der Waals surface area contributed by atoms with E-state index in [1.807, 2.05) is 46.9 Å². The Hall–Kier alpha value is -2.53. The Labute approximate surface area is 238 Å². The fourth-order valence-corrected chi connectivity index (χ4v) is 5.15. The van der Waals surface area contributed by atoms with Crippen LogP contribution in [0, 0.1) is 10.5 Å². The maximum atomic E-state index is 12.7. The molecule has 1 aromatic heterocycles. The van der Waals surface area contributed by atoms with Crippen LogP contribution in [0.5, 0.6) is 5.75 Å². The number of aromatic nitrogens is 1. The highest BCUT2D eigenvalue weighted by atomic mass is 127. The summed E-state index contributed by atoms with van der Waals surface area (Å²) >= 11 is 2.19. The summed E-state index contributed by atoms with van der Waals surface area (Å²) in [6.07, 6.45) is 3.78. The van der Waals surface area contributed by atoms with Crippen molar-refractivity contribution < 1.29 is 28.4 Å². The number of esters is 1. The number of aryl methyl sites for hydroxylation is 1. The van der Waals surface area contributed by atoms with E-state index in [0.717, 1.165) is 20.5 Å². The summed E-state index contributed by atoms with van der Waals surface area (Å²) in [5.74, 6) is 0.959. The molecule has 38 heavy (non-hydrogen) atoms. The van der Waals surface area contributed by atoms with Gasteiger partial charge in [0.2, 0.25) is 0 Å². The van der Waals surface area contributed by atoms with Crippen molar-refractivity contribution in [2.45, 2.75) is 65.1 Å². The molecule has 0 saturated heterocycles. The van der Waals surface area contributed by atoms with Crippen molar-refractivity contribution in [2.24, 2.45) is 0 Å². The molecule has 2 aromatic rings. The predicted octanol–water partition coefficient (Wildman–Crippen LogP) is 5.50. The predicted molar refractivity (Wildman–Crippen MR) is 153 cm³/mol. The number of carbonyl (C=O) groups is 2. The second-order valence-corrected chi connectivity index (χ2v) is 12.3. The first-order valence-electron chi connectivity index (χ1n) is 13.0. The molecule has 4 rings (SSSR count). The van der Waals surface area contributed by atoms with Gasteiger partial charge in [-0.15, -0.1) is 4.58 Å². The van der Waals surface area contributed by atoms with Crippen molar-refractivity contribution in [1.29, 1.82) is 0 Å². The van der Waals surface area contributed by atoms with E-state index in [4.69, 9.17) is 19.2 Å². The Balaban J connectivity index is 1.56. The molecule has 0 unspecified atom stereocenters. The van der Waals surface area contributed by atoms with Crippen LogP contribution in [0.1, 0.15) is 79.7 Å². The van der Waals surface area contributed by atoms with Gasteiger partial charge >= 0.3 is 12.1 Å². The molecular formula is C29H37IN3O5+. The topological polar surface area (TPSA) is 81.0 Å². The quantitative estimate of drug-likeness (QED) is 0.226. The van der Waals surface area contributed by atoms with Gasteiger partial charge < -0.3 is 14.2 Å². The molecule has 8 nitrogen and oxygen atoms in total. The maximum Gasteiger partial charge on any atom is 0.596 e. The lowest BCUT2D eigenvalue weighted by atomic mass is 10.1. The Morgan fingerprint density at radius 1 is 1.21 bits per heavy atom. The summed E-state index contributed by atoms with van der Waals surface area (Å²) in [5.41, 5.74) is 3.84. The van der Waals surface area contributed by atoms with Gasteiger partial charge in [-0.25, -0.2) is 4.79 Å². The first kappa shape index (κ1) is 28.5. The van der Waals surface area contributed by atoms with Crippen molar-refractivity contribution in [1.82, 2.24) is 9.88 Å². The number of carbonyl (C=O) groups excluding carboxylic acids is 2. The summed E-state index contributed by atoms with van der Waals surface area (Å²) in [7, 11) is 1.38. The molecule has 1 amide bonds. The minimum atomic E-state index is -0.537. The number of benzene rings is 1. The monoisotopic (exact) mass is 634 g/mol. The Morgan fingerprint density at radius 3 is 2.53 bits per heavy atom. The number of nitrogens with zero attached hydrogens (tertiary/aromatic N) is 3. The van der Waals surface area contributed by atoms with Crippen LogP contribution >= 0.6 is 22.6 Å². The molecular weight excluding hydrogens is 597 g/mol. The van der Waals surface area contributed by atoms with Gasteiger partial charge in [0.25, 0.3) is 0 Å². The van der Waals surface area contributed by atoms with E-state index in [9.17, 15) is 9.59 Å². The summed E-state index contributed by atoms with van der Waals surface area (Å²) in [6, 6.07) is 7.91. The van der Waals surface area contributed by atoms with Gasteiger partial charge in [-0.3, -0.25) is 9.88 Å². The van der Waals surface area contributed by atoms with E-state index in [1.165, 1.54) is 25.5 Å². The summed E-state index contributed by atoms with van der Waals surface area (Å²) in [5, 5.41) is 0. The average Bonchev–Trinajstić information content (AvgIpc) is 3.70. The molecule has 2 aliphatic rings. The van der Waals surface area contributed by atoms with Crippen LogP contribution in [0.2, 0.25) is 0 Å². The summed E-state index contributed by atoms with van der Waals surface area (Å²) in [6.45, 7) is 11.9. The molecule has 1 atom stereocenters. The van der Waals surface area contributed by atoms with E-state index in [-0.39, 0.29) is 18.2 Å². The smallest absolute Gasteiger partial charge is 0.482 e. The molecule has 1 aromatic carbocycles. The van der Waals surface area contributed by atoms with Crippen LogP contribution in [0.25, 0.3) is 0 Å². The van der Waals surface area contributed by atoms with Gasteiger partial charge in [0.05, 0.1) is 35.0 Å². The van der Waals surface area contributed by atoms with Gasteiger partial charge in [-0.2, -0.15) is 4.79 Å². The Bertz CT molecular complexity index is 1230. The molecule has 0 bridgehead atoms. The van der Waals surface area contributed by atoms with Crippen molar-refractivity contribution in [3.8, 4) is 5.75 Å². The molecule has 204 valence electrons. The van der Waals surface area contributed by atoms with E-state index in [2.05, 4.69) is 39.6 Å². The van der Waals surface area contributed by atoms with Crippen LogP contribution in [-0.4, -0.2) is 71.1 Å². The third-order valence-electron chi connectivity index (χ3n) is 6.73. The molecule has 1 fully saturated rings. The average molecular weight is 635 g/mol. The second-order valence-electron chi connectivity index (χ2n) is 11.1. The lowest BCUT2D eigenvalue weighted by Gasteiger charge is -2.29.